The number of nitrogens with zero attached hydrogens (tertiary/aromatic N) is 2. The number of aryl methyl sites for hydroxylation is 1. The molecule has 2 aromatic heterocycles. The first kappa shape index (κ1) is 21.2. The third-order valence-corrected chi connectivity index (χ3v) is 4.94. The van der Waals surface area contributed by atoms with Crippen molar-refractivity contribution in [3.63, 3.8) is 0 Å². The van der Waals surface area contributed by atoms with Crippen molar-refractivity contribution < 1.29 is 18.5 Å². The normalized spacial score (nSPS) is 10.8. The molecule has 2 amide bonds. The highest BCUT2D eigenvalue weighted by Crippen LogP contribution is 2.26. The first-order chi connectivity index (χ1) is 15.5. The second kappa shape index (κ2) is 9.38. The fourth-order valence-corrected chi connectivity index (χ4v) is 3.35. The van der Waals surface area contributed by atoms with Crippen molar-refractivity contribution in [3.05, 3.63) is 83.3 Å². The smallest absolute Gasteiger partial charge is 0.259 e. The maximum absolute atomic E-state index is 13.0. The van der Waals surface area contributed by atoms with Gasteiger partial charge < -0.3 is 15.2 Å². The Morgan fingerprint density at radius 2 is 1.72 bits per heavy atom. The van der Waals surface area contributed by atoms with E-state index in [1.807, 2.05) is 30.3 Å². The highest BCUT2D eigenvalue weighted by Gasteiger charge is 2.19. The van der Waals surface area contributed by atoms with Crippen LogP contribution in [-0.2, 0) is 11.2 Å². The van der Waals surface area contributed by atoms with Gasteiger partial charge in [0.25, 0.3) is 11.6 Å². The van der Waals surface area contributed by atoms with Gasteiger partial charge in [0.15, 0.2) is 0 Å². The molecule has 0 aliphatic rings. The molecular weight excluding hydrogens is 411 g/mol. The largest absolute Gasteiger partial charge is 0.354 e. The van der Waals surface area contributed by atoms with E-state index in [0.29, 0.717) is 33.6 Å². The summed E-state index contributed by atoms with van der Waals surface area (Å²) in [6.45, 7) is 2.25. The van der Waals surface area contributed by atoms with E-state index in [0.717, 1.165) is 5.56 Å². The van der Waals surface area contributed by atoms with Crippen LogP contribution in [0.3, 0.4) is 0 Å². The summed E-state index contributed by atoms with van der Waals surface area (Å²) in [5.41, 5.74) is 3.44. The van der Waals surface area contributed by atoms with Crippen LogP contribution in [0.2, 0.25) is 0 Å². The molecule has 0 unspecified atom stereocenters. The van der Waals surface area contributed by atoms with Crippen molar-refractivity contribution in [1.82, 2.24) is 20.8 Å². The minimum absolute atomic E-state index is 0.138. The molecule has 8 heteroatoms. The molecule has 0 atom stereocenters. The first-order valence-corrected chi connectivity index (χ1v) is 10.1. The van der Waals surface area contributed by atoms with E-state index in [1.54, 1.807) is 25.1 Å². The molecule has 4 rings (SSSR count). The van der Waals surface area contributed by atoms with Crippen LogP contribution in [0.15, 0.2) is 65.2 Å². The van der Waals surface area contributed by atoms with Crippen LogP contribution in [0.5, 0.6) is 0 Å². The Morgan fingerprint density at radius 1 is 1.00 bits per heavy atom. The van der Waals surface area contributed by atoms with Gasteiger partial charge in [0.05, 0.1) is 28.8 Å². The van der Waals surface area contributed by atoms with E-state index in [1.165, 1.54) is 12.1 Å². The summed E-state index contributed by atoms with van der Waals surface area (Å²) in [4.78, 5) is 29.4. The van der Waals surface area contributed by atoms with E-state index in [4.69, 9.17) is 4.52 Å². The summed E-state index contributed by atoms with van der Waals surface area (Å²) in [5.74, 6) is -0.868. The lowest BCUT2D eigenvalue weighted by Crippen LogP contribution is -2.35. The Bertz CT molecular complexity index is 1250. The van der Waals surface area contributed by atoms with Crippen molar-refractivity contribution in [2.75, 3.05) is 13.1 Å². The van der Waals surface area contributed by atoms with Gasteiger partial charge in [-0.25, -0.2) is 9.37 Å². The van der Waals surface area contributed by atoms with E-state index in [-0.39, 0.29) is 37.1 Å². The lowest BCUT2D eigenvalue weighted by molar-refractivity contribution is -0.120. The highest BCUT2D eigenvalue weighted by molar-refractivity contribution is 6.07. The van der Waals surface area contributed by atoms with Gasteiger partial charge >= 0.3 is 0 Å². The standard InChI is InChI=1S/C24H21FN4O3/c1-15-22-19(14-20(28-24(22)32-29-15)17-5-3-2-4-6-17)23(31)27-12-11-26-21(30)13-16-7-9-18(25)10-8-16/h2-10,14H,11-13H2,1H3,(H,26,30)(H,27,31). The number of carbonyl (C=O) groups excluding carboxylic acids is 2. The average Bonchev–Trinajstić information content (AvgIpc) is 3.19. The number of amides is 2. The van der Waals surface area contributed by atoms with Crippen LogP contribution in [0.4, 0.5) is 4.39 Å². The zero-order valence-corrected chi connectivity index (χ0v) is 17.4. The Hall–Kier alpha value is -4.07. The number of pyridine rings is 1. The summed E-state index contributed by atoms with van der Waals surface area (Å²) in [6.07, 6.45) is 0.138. The number of nitrogens with one attached hydrogen (secondary N) is 2. The minimum atomic E-state index is -0.347. The Kier molecular flexibility index (Phi) is 6.21. The molecule has 0 spiro atoms. The third-order valence-electron chi connectivity index (χ3n) is 4.94. The van der Waals surface area contributed by atoms with Crippen molar-refractivity contribution >= 4 is 22.9 Å². The van der Waals surface area contributed by atoms with E-state index in [2.05, 4.69) is 20.8 Å². The fraction of sp³-hybridized carbons (Fsp3) is 0.167. The average molecular weight is 432 g/mol. The number of fused-ring (bicyclic) bond motifs is 1. The number of aromatic nitrogens is 2. The van der Waals surface area contributed by atoms with Gasteiger partial charge in [-0.3, -0.25) is 9.59 Å². The maximum Gasteiger partial charge on any atom is 0.259 e. The zero-order valence-electron chi connectivity index (χ0n) is 17.4. The Morgan fingerprint density at radius 3 is 2.47 bits per heavy atom. The van der Waals surface area contributed by atoms with Crippen molar-refractivity contribution in [3.8, 4) is 11.3 Å². The molecule has 2 N–H and O–H groups in total. The molecule has 0 fully saturated rings. The number of hydrogen-bond acceptors (Lipinski definition) is 5. The van der Waals surface area contributed by atoms with Crippen LogP contribution in [0.1, 0.15) is 21.6 Å². The predicted octanol–water partition coefficient (Wildman–Crippen LogP) is 3.43. The molecule has 162 valence electrons. The fourth-order valence-electron chi connectivity index (χ4n) is 3.35. The summed E-state index contributed by atoms with van der Waals surface area (Å²) in [6, 6.07) is 17.0. The maximum atomic E-state index is 13.0. The molecule has 0 radical (unpaired) electrons. The van der Waals surface area contributed by atoms with E-state index in [9.17, 15) is 14.0 Å². The summed E-state index contributed by atoms with van der Waals surface area (Å²) in [5, 5.41) is 10.1. The predicted molar refractivity (Wildman–Crippen MR) is 117 cm³/mol. The van der Waals surface area contributed by atoms with Crippen molar-refractivity contribution in [2.24, 2.45) is 0 Å². The Balaban J connectivity index is 1.40. The van der Waals surface area contributed by atoms with Gasteiger partial charge in [0.1, 0.15) is 5.82 Å². The monoisotopic (exact) mass is 432 g/mol. The van der Waals surface area contributed by atoms with Gasteiger partial charge in [-0.1, -0.05) is 47.6 Å². The highest BCUT2D eigenvalue weighted by atomic mass is 19.1. The van der Waals surface area contributed by atoms with Crippen LogP contribution < -0.4 is 10.6 Å². The molecule has 0 bridgehead atoms. The van der Waals surface area contributed by atoms with Crippen molar-refractivity contribution in [2.45, 2.75) is 13.3 Å². The van der Waals surface area contributed by atoms with E-state index >= 15 is 0 Å². The Labute approximate surface area is 183 Å². The van der Waals surface area contributed by atoms with Gasteiger partial charge in [0.2, 0.25) is 5.91 Å². The van der Waals surface area contributed by atoms with Crippen LogP contribution >= 0.6 is 0 Å². The first-order valence-electron chi connectivity index (χ1n) is 10.1. The van der Waals surface area contributed by atoms with E-state index < -0.39 is 0 Å². The van der Waals surface area contributed by atoms with Gasteiger partial charge in [-0.05, 0) is 30.7 Å². The lowest BCUT2D eigenvalue weighted by Gasteiger charge is -2.09. The number of benzene rings is 2. The molecule has 0 saturated heterocycles. The molecule has 7 nitrogen and oxygen atoms in total. The zero-order chi connectivity index (χ0) is 22.5. The second-order valence-electron chi connectivity index (χ2n) is 7.28. The molecule has 2 heterocycles. The van der Waals surface area contributed by atoms with Gasteiger partial charge in [0, 0.05) is 18.7 Å². The lowest BCUT2D eigenvalue weighted by atomic mass is 10.1. The summed E-state index contributed by atoms with van der Waals surface area (Å²) in [7, 11) is 0. The summed E-state index contributed by atoms with van der Waals surface area (Å²) >= 11 is 0. The summed E-state index contributed by atoms with van der Waals surface area (Å²) < 4.78 is 18.3. The molecule has 32 heavy (non-hydrogen) atoms. The van der Waals surface area contributed by atoms with Crippen molar-refractivity contribution in [1.29, 1.82) is 0 Å². The number of carbonyl (C=O) groups is 2. The number of halogens is 1. The molecule has 0 aliphatic carbocycles. The molecule has 0 aliphatic heterocycles. The molecule has 0 saturated carbocycles. The van der Waals surface area contributed by atoms with Crippen LogP contribution in [0.25, 0.3) is 22.4 Å². The minimum Gasteiger partial charge on any atom is -0.354 e. The SMILES string of the molecule is Cc1noc2nc(-c3ccccc3)cc(C(=O)NCCNC(=O)Cc3ccc(F)cc3)c12. The van der Waals surface area contributed by atoms with Gasteiger partial charge in [-0.2, -0.15) is 0 Å². The number of hydrogen-bond donors (Lipinski definition) is 2. The van der Waals surface area contributed by atoms with Crippen LogP contribution in [-0.4, -0.2) is 35.0 Å². The quantitative estimate of drug-likeness (QED) is 0.436. The molecule has 4 aromatic rings. The van der Waals surface area contributed by atoms with Gasteiger partial charge in [-0.15, -0.1) is 0 Å². The molecular formula is C24H21FN4O3. The van der Waals surface area contributed by atoms with Crippen LogP contribution in [0, 0.1) is 12.7 Å². The molecule has 2 aromatic carbocycles. The third kappa shape index (κ3) is 4.80. The second-order valence-corrected chi connectivity index (χ2v) is 7.28. The number of rotatable bonds is 7. The topological polar surface area (TPSA) is 97.1 Å².